The average Bonchev–Trinajstić information content (AvgIpc) is 2.93. The summed E-state index contributed by atoms with van der Waals surface area (Å²) in [5.41, 5.74) is 2.18. The number of phenolic OH excluding ortho intramolecular Hbond substituents is 2. The number of thioether (sulfide) groups is 1. The lowest BCUT2D eigenvalue weighted by Crippen LogP contribution is -2.29. The van der Waals surface area contributed by atoms with Crippen molar-refractivity contribution in [3.63, 3.8) is 0 Å². The number of benzene rings is 2. The predicted molar refractivity (Wildman–Crippen MR) is 119 cm³/mol. The molecule has 150 valence electrons. The molecule has 2 aromatic carbocycles. The molecule has 0 atom stereocenters. The highest BCUT2D eigenvalue weighted by Gasteiger charge is 2.31. The molecular weight excluding hydrogens is 408 g/mol. The number of nitrogens with zero attached hydrogens (tertiary/aromatic N) is 1. The number of carbonyl (C=O) groups excluding carboxylic acids is 2. The SMILES string of the molecule is Cc1ccccc1NC(=O)CCCN1C(=O)/C(=C/c2ccc(O)cc2O)SC1=S. The molecule has 1 heterocycles. The summed E-state index contributed by atoms with van der Waals surface area (Å²) in [5, 5.41) is 22.1. The van der Waals surface area contributed by atoms with Crippen molar-refractivity contribution in [3.8, 4) is 11.5 Å². The first-order valence-corrected chi connectivity index (χ1v) is 10.2. The summed E-state index contributed by atoms with van der Waals surface area (Å²) in [6, 6.07) is 11.7. The fourth-order valence-corrected chi connectivity index (χ4v) is 4.11. The zero-order chi connectivity index (χ0) is 21.0. The van der Waals surface area contributed by atoms with Gasteiger partial charge >= 0.3 is 0 Å². The van der Waals surface area contributed by atoms with Gasteiger partial charge in [-0.1, -0.05) is 42.2 Å². The fraction of sp³-hybridized carbons (Fsp3) is 0.190. The largest absolute Gasteiger partial charge is 0.508 e. The van der Waals surface area contributed by atoms with E-state index >= 15 is 0 Å². The monoisotopic (exact) mass is 428 g/mol. The standard InChI is InChI=1S/C21H20N2O4S2/c1-13-5-2-3-6-16(13)22-19(26)7-4-10-23-20(27)18(29-21(23)28)11-14-8-9-15(24)12-17(14)25/h2-3,5-6,8-9,11-12,24-25H,4,7,10H2,1H3,(H,22,26)/b18-11-. The molecule has 3 rings (SSSR count). The Hall–Kier alpha value is -2.84. The van der Waals surface area contributed by atoms with Crippen molar-refractivity contribution >= 4 is 51.9 Å². The van der Waals surface area contributed by atoms with E-state index in [9.17, 15) is 19.8 Å². The Morgan fingerprint density at radius 2 is 2.00 bits per heavy atom. The van der Waals surface area contributed by atoms with Crippen molar-refractivity contribution in [1.82, 2.24) is 4.90 Å². The number of hydrogen-bond donors (Lipinski definition) is 3. The lowest BCUT2D eigenvalue weighted by atomic mass is 10.1. The molecule has 3 N–H and O–H groups in total. The Morgan fingerprint density at radius 3 is 2.72 bits per heavy atom. The maximum absolute atomic E-state index is 12.6. The molecule has 29 heavy (non-hydrogen) atoms. The molecule has 2 amide bonds. The third-order valence-electron chi connectivity index (χ3n) is 4.38. The van der Waals surface area contributed by atoms with Crippen molar-refractivity contribution in [2.24, 2.45) is 0 Å². The van der Waals surface area contributed by atoms with E-state index in [1.54, 1.807) is 6.08 Å². The van der Waals surface area contributed by atoms with E-state index < -0.39 is 0 Å². The van der Waals surface area contributed by atoms with E-state index in [-0.39, 0.29) is 29.7 Å². The summed E-state index contributed by atoms with van der Waals surface area (Å²) in [7, 11) is 0. The third kappa shape index (κ3) is 5.16. The van der Waals surface area contributed by atoms with Crippen LogP contribution in [0, 0.1) is 6.92 Å². The smallest absolute Gasteiger partial charge is 0.266 e. The minimum absolute atomic E-state index is 0.0591. The second kappa shape index (κ2) is 9.11. The maximum atomic E-state index is 12.6. The summed E-state index contributed by atoms with van der Waals surface area (Å²) < 4.78 is 0.416. The number of thiocarbonyl (C=S) groups is 1. The number of nitrogens with one attached hydrogen (secondary N) is 1. The molecule has 0 radical (unpaired) electrons. The second-order valence-electron chi connectivity index (χ2n) is 6.54. The van der Waals surface area contributed by atoms with Crippen molar-refractivity contribution < 1.29 is 19.8 Å². The molecule has 0 bridgehead atoms. The first-order valence-electron chi connectivity index (χ1n) is 8.98. The number of carbonyl (C=O) groups is 2. The van der Waals surface area contributed by atoms with Crippen molar-refractivity contribution in [2.75, 3.05) is 11.9 Å². The quantitative estimate of drug-likeness (QED) is 0.476. The fourth-order valence-electron chi connectivity index (χ4n) is 2.81. The first-order chi connectivity index (χ1) is 13.8. The number of para-hydroxylation sites is 1. The van der Waals surface area contributed by atoms with Crippen LogP contribution in [0.15, 0.2) is 47.4 Å². The lowest BCUT2D eigenvalue weighted by molar-refractivity contribution is -0.122. The van der Waals surface area contributed by atoms with Gasteiger partial charge in [-0.25, -0.2) is 0 Å². The molecule has 1 fully saturated rings. The molecule has 0 aliphatic carbocycles. The van der Waals surface area contributed by atoms with Gasteiger partial charge in [-0.05, 0) is 43.2 Å². The number of rotatable bonds is 6. The Morgan fingerprint density at radius 1 is 1.24 bits per heavy atom. The number of anilines is 1. The molecule has 0 unspecified atom stereocenters. The van der Waals surface area contributed by atoms with Gasteiger partial charge in [-0.2, -0.15) is 0 Å². The molecule has 6 nitrogen and oxygen atoms in total. The summed E-state index contributed by atoms with van der Waals surface area (Å²) in [5.74, 6) is -0.555. The Labute approximate surface area is 178 Å². The molecule has 1 aliphatic rings. The van der Waals surface area contributed by atoms with Crippen LogP contribution in [0.3, 0.4) is 0 Å². The van der Waals surface area contributed by atoms with E-state index in [4.69, 9.17) is 12.2 Å². The molecule has 1 saturated heterocycles. The van der Waals surface area contributed by atoms with E-state index in [1.807, 2.05) is 31.2 Å². The van der Waals surface area contributed by atoms with Crippen LogP contribution >= 0.6 is 24.0 Å². The van der Waals surface area contributed by atoms with E-state index in [0.717, 1.165) is 23.0 Å². The zero-order valence-electron chi connectivity index (χ0n) is 15.7. The van der Waals surface area contributed by atoms with E-state index in [1.165, 1.54) is 23.1 Å². The van der Waals surface area contributed by atoms with Crippen LogP contribution in [0.2, 0.25) is 0 Å². The molecule has 1 aliphatic heterocycles. The van der Waals surface area contributed by atoms with Gasteiger partial charge in [0.15, 0.2) is 0 Å². The molecule has 0 aromatic heterocycles. The lowest BCUT2D eigenvalue weighted by Gasteiger charge is -2.14. The van der Waals surface area contributed by atoms with E-state index in [0.29, 0.717) is 27.8 Å². The maximum Gasteiger partial charge on any atom is 0.266 e. The van der Waals surface area contributed by atoms with Crippen molar-refractivity contribution in [2.45, 2.75) is 19.8 Å². The van der Waals surface area contributed by atoms with Crippen LogP contribution in [0.1, 0.15) is 24.0 Å². The van der Waals surface area contributed by atoms with Gasteiger partial charge in [0.25, 0.3) is 5.91 Å². The van der Waals surface area contributed by atoms with Gasteiger partial charge in [-0.3, -0.25) is 14.5 Å². The number of aryl methyl sites for hydroxylation is 1. The van der Waals surface area contributed by atoms with Crippen LogP contribution in [0.4, 0.5) is 5.69 Å². The van der Waals surface area contributed by atoms with Gasteiger partial charge in [0.2, 0.25) is 5.91 Å². The third-order valence-corrected chi connectivity index (χ3v) is 5.76. The predicted octanol–water partition coefficient (Wildman–Crippen LogP) is 4.03. The summed E-state index contributed by atoms with van der Waals surface area (Å²) in [6.07, 6.45) is 2.28. The van der Waals surface area contributed by atoms with Crippen LogP contribution in [0.25, 0.3) is 6.08 Å². The normalized spacial score (nSPS) is 15.2. The number of hydrogen-bond acceptors (Lipinski definition) is 6. The minimum Gasteiger partial charge on any atom is -0.508 e. The van der Waals surface area contributed by atoms with Gasteiger partial charge in [0.1, 0.15) is 15.8 Å². The average molecular weight is 429 g/mol. The van der Waals surface area contributed by atoms with Crippen molar-refractivity contribution in [3.05, 3.63) is 58.5 Å². The number of amides is 2. The van der Waals surface area contributed by atoms with Gasteiger partial charge in [0.05, 0.1) is 4.91 Å². The summed E-state index contributed by atoms with van der Waals surface area (Å²) in [4.78, 5) is 26.6. The molecular formula is C21H20N2O4S2. The van der Waals surface area contributed by atoms with Gasteiger partial charge in [-0.15, -0.1) is 0 Å². The Balaban J connectivity index is 1.57. The highest BCUT2D eigenvalue weighted by molar-refractivity contribution is 8.26. The first kappa shape index (κ1) is 20.9. The molecule has 0 saturated carbocycles. The van der Waals surface area contributed by atoms with E-state index in [2.05, 4.69) is 5.32 Å². The molecule has 2 aromatic rings. The summed E-state index contributed by atoms with van der Waals surface area (Å²) >= 11 is 6.44. The van der Waals surface area contributed by atoms with Crippen LogP contribution < -0.4 is 5.32 Å². The van der Waals surface area contributed by atoms with Gasteiger partial charge in [0, 0.05) is 30.3 Å². The minimum atomic E-state index is -0.258. The topological polar surface area (TPSA) is 89.9 Å². The number of phenols is 2. The van der Waals surface area contributed by atoms with Crippen LogP contribution in [-0.2, 0) is 9.59 Å². The highest BCUT2D eigenvalue weighted by atomic mass is 32.2. The Kier molecular flexibility index (Phi) is 6.56. The van der Waals surface area contributed by atoms with Crippen LogP contribution in [-0.4, -0.2) is 37.8 Å². The number of aromatic hydroxyl groups is 2. The second-order valence-corrected chi connectivity index (χ2v) is 8.22. The Bertz CT molecular complexity index is 1000. The zero-order valence-corrected chi connectivity index (χ0v) is 17.3. The van der Waals surface area contributed by atoms with Gasteiger partial charge < -0.3 is 15.5 Å². The van der Waals surface area contributed by atoms with Crippen LogP contribution in [0.5, 0.6) is 11.5 Å². The summed E-state index contributed by atoms with van der Waals surface area (Å²) in [6.45, 7) is 2.26. The highest BCUT2D eigenvalue weighted by Crippen LogP contribution is 2.35. The van der Waals surface area contributed by atoms with Crippen molar-refractivity contribution in [1.29, 1.82) is 0 Å². The molecule has 8 heteroatoms. The molecule has 0 spiro atoms.